The highest BCUT2D eigenvalue weighted by atomic mass is 32.2. The van der Waals surface area contributed by atoms with Crippen LogP contribution in [0.25, 0.3) is 6.08 Å². The number of hydrogen-bond donors (Lipinski definition) is 1. The number of rotatable bonds is 7. The van der Waals surface area contributed by atoms with Gasteiger partial charge < -0.3 is 14.6 Å². The molecule has 2 aromatic rings. The zero-order valence-corrected chi connectivity index (χ0v) is 16.5. The van der Waals surface area contributed by atoms with Crippen molar-refractivity contribution in [2.75, 3.05) is 13.2 Å². The van der Waals surface area contributed by atoms with E-state index in [1.54, 1.807) is 36.1 Å². The number of nitriles is 1. The SMILES string of the molecule is Cn1ccnc1Sc1ccc(/C=C(/C#N)C(=O)NCC2CCCO2)cc1[N+](=O)[O-]. The van der Waals surface area contributed by atoms with Gasteiger partial charge in [0.15, 0.2) is 5.16 Å². The van der Waals surface area contributed by atoms with Gasteiger partial charge in [0, 0.05) is 38.7 Å². The summed E-state index contributed by atoms with van der Waals surface area (Å²) in [5.74, 6) is -0.530. The van der Waals surface area contributed by atoms with Crippen LogP contribution in [0.1, 0.15) is 18.4 Å². The van der Waals surface area contributed by atoms with Gasteiger partial charge in [-0.25, -0.2) is 4.98 Å². The quantitative estimate of drug-likeness (QED) is 0.320. The molecule has 1 unspecified atom stereocenters. The first-order valence-electron chi connectivity index (χ1n) is 8.93. The van der Waals surface area contributed by atoms with Crippen molar-refractivity contribution in [2.24, 2.45) is 7.05 Å². The average molecular weight is 413 g/mol. The molecule has 150 valence electrons. The highest BCUT2D eigenvalue weighted by Crippen LogP contribution is 2.34. The van der Waals surface area contributed by atoms with Gasteiger partial charge in [-0.2, -0.15) is 5.26 Å². The third kappa shape index (κ3) is 5.22. The van der Waals surface area contributed by atoms with Crippen molar-refractivity contribution in [2.45, 2.75) is 29.0 Å². The Morgan fingerprint density at radius 1 is 1.59 bits per heavy atom. The Kier molecular flexibility index (Phi) is 6.64. The monoisotopic (exact) mass is 413 g/mol. The molecular formula is C19H19N5O4S. The summed E-state index contributed by atoms with van der Waals surface area (Å²) in [4.78, 5) is 27.9. The van der Waals surface area contributed by atoms with Crippen molar-refractivity contribution in [3.05, 3.63) is 51.8 Å². The first kappa shape index (κ1) is 20.6. The van der Waals surface area contributed by atoms with Gasteiger partial charge in [-0.3, -0.25) is 14.9 Å². The molecule has 1 atom stereocenters. The summed E-state index contributed by atoms with van der Waals surface area (Å²) in [6.45, 7) is 1.00. The Morgan fingerprint density at radius 2 is 2.41 bits per heavy atom. The van der Waals surface area contributed by atoms with Crippen LogP contribution in [0, 0.1) is 21.4 Å². The number of aryl methyl sites for hydroxylation is 1. The van der Waals surface area contributed by atoms with Crippen molar-refractivity contribution < 1.29 is 14.5 Å². The summed E-state index contributed by atoms with van der Waals surface area (Å²) < 4.78 is 7.20. The highest BCUT2D eigenvalue weighted by molar-refractivity contribution is 7.99. The molecule has 1 amide bonds. The van der Waals surface area contributed by atoms with Crippen LogP contribution in [0.5, 0.6) is 0 Å². The number of carbonyl (C=O) groups excluding carboxylic acids is 1. The highest BCUT2D eigenvalue weighted by Gasteiger charge is 2.19. The minimum atomic E-state index is -0.530. The van der Waals surface area contributed by atoms with E-state index < -0.39 is 10.8 Å². The predicted octanol–water partition coefficient (Wildman–Crippen LogP) is 2.68. The molecule has 1 aromatic carbocycles. The molecule has 3 rings (SSSR count). The number of imidazole rings is 1. The van der Waals surface area contributed by atoms with E-state index in [0.717, 1.165) is 12.8 Å². The average Bonchev–Trinajstić information content (AvgIpc) is 3.37. The first-order valence-corrected chi connectivity index (χ1v) is 9.75. The largest absolute Gasteiger partial charge is 0.376 e. The van der Waals surface area contributed by atoms with Crippen LogP contribution in [0.3, 0.4) is 0 Å². The number of nitro benzene ring substituents is 1. The number of benzene rings is 1. The summed E-state index contributed by atoms with van der Waals surface area (Å²) >= 11 is 1.17. The third-order valence-corrected chi connectivity index (χ3v) is 5.49. The Bertz CT molecular complexity index is 989. The molecule has 0 radical (unpaired) electrons. The molecule has 0 bridgehead atoms. The molecule has 1 saturated heterocycles. The second-order valence-corrected chi connectivity index (χ2v) is 7.43. The van der Waals surface area contributed by atoms with Crippen LogP contribution in [0.15, 0.2) is 46.2 Å². The van der Waals surface area contributed by atoms with Crippen LogP contribution >= 0.6 is 11.8 Å². The summed E-state index contributed by atoms with van der Waals surface area (Å²) in [7, 11) is 1.80. The van der Waals surface area contributed by atoms with Gasteiger partial charge in [0.05, 0.1) is 15.9 Å². The summed E-state index contributed by atoms with van der Waals surface area (Å²) in [6, 6.07) is 6.41. The van der Waals surface area contributed by atoms with Crippen LogP contribution in [-0.4, -0.2) is 39.6 Å². The molecule has 29 heavy (non-hydrogen) atoms. The number of nitrogens with one attached hydrogen (secondary N) is 1. The molecular weight excluding hydrogens is 394 g/mol. The van der Waals surface area contributed by atoms with Crippen molar-refractivity contribution in [3.8, 4) is 6.07 Å². The van der Waals surface area contributed by atoms with E-state index in [0.29, 0.717) is 28.8 Å². The topological polar surface area (TPSA) is 123 Å². The van der Waals surface area contributed by atoms with Crippen LogP contribution in [0.4, 0.5) is 5.69 Å². The molecule has 1 fully saturated rings. The van der Waals surface area contributed by atoms with E-state index in [4.69, 9.17) is 4.74 Å². The van der Waals surface area contributed by atoms with Crippen molar-refractivity contribution in [3.63, 3.8) is 0 Å². The van der Waals surface area contributed by atoms with E-state index in [1.807, 2.05) is 6.07 Å². The second-order valence-electron chi connectivity index (χ2n) is 6.42. The maximum Gasteiger partial charge on any atom is 0.283 e. The molecule has 1 N–H and O–H groups in total. The summed E-state index contributed by atoms with van der Waals surface area (Å²) in [5, 5.41) is 24.1. The van der Waals surface area contributed by atoms with E-state index in [9.17, 15) is 20.2 Å². The normalized spacial score (nSPS) is 16.4. The fraction of sp³-hybridized carbons (Fsp3) is 0.316. The standard InChI is InChI=1S/C19H19N5O4S/c1-23-7-6-21-19(23)29-17-5-4-13(10-16(17)24(26)27)9-14(11-20)18(25)22-12-15-3-2-8-28-15/h4-7,9-10,15H,2-3,8,12H2,1H3,(H,22,25)/b14-9-. The molecule has 1 aliphatic heterocycles. The lowest BCUT2D eigenvalue weighted by Gasteiger charge is -2.10. The molecule has 0 saturated carbocycles. The Hall–Kier alpha value is -3.16. The Balaban J connectivity index is 1.78. The number of nitrogens with zero attached hydrogens (tertiary/aromatic N) is 4. The maximum atomic E-state index is 12.3. The molecule has 2 heterocycles. The summed E-state index contributed by atoms with van der Waals surface area (Å²) in [6.07, 6.45) is 6.48. The van der Waals surface area contributed by atoms with E-state index >= 15 is 0 Å². The molecule has 1 aromatic heterocycles. The van der Waals surface area contributed by atoms with E-state index in [-0.39, 0.29) is 17.4 Å². The van der Waals surface area contributed by atoms with Crippen molar-refractivity contribution in [1.29, 1.82) is 5.26 Å². The number of nitro groups is 1. The molecule has 0 aliphatic carbocycles. The number of carbonyl (C=O) groups is 1. The molecule has 0 spiro atoms. The van der Waals surface area contributed by atoms with Gasteiger partial charge in [0.25, 0.3) is 11.6 Å². The Labute approximate surface area is 171 Å². The third-order valence-electron chi connectivity index (χ3n) is 4.35. The van der Waals surface area contributed by atoms with Crippen LogP contribution in [-0.2, 0) is 16.6 Å². The fourth-order valence-corrected chi connectivity index (χ4v) is 3.71. The van der Waals surface area contributed by atoms with Gasteiger partial charge in [0.2, 0.25) is 0 Å². The lowest BCUT2D eigenvalue weighted by atomic mass is 10.1. The second kappa shape index (κ2) is 9.36. The Morgan fingerprint density at radius 3 is 3.03 bits per heavy atom. The van der Waals surface area contributed by atoms with E-state index in [2.05, 4.69) is 10.3 Å². The smallest absolute Gasteiger partial charge is 0.283 e. The van der Waals surface area contributed by atoms with Gasteiger partial charge in [0.1, 0.15) is 11.6 Å². The number of aromatic nitrogens is 2. The minimum absolute atomic E-state index is 0.0394. The van der Waals surface area contributed by atoms with Crippen LogP contribution < -0.4 is 5.32 Å². The van der Waals surface area contributed by atoms with Gasteiger partial charge >= 0.3 is 0 Å². The lowest BCUT2D eigenvalue weighted by Crippen LogP contribution is -2.32. The number of amides is 1. The number of ether oxygens (including phenoxy) is 1. The zero-order chi connectivity index (χ0) is 20.8. The minimum Gasteiger partial charge on any atom is -0.376 e. The van der Waals surface area contributed by atoms with Gasteiger partial charge in [-0.15, -0.1) is 0 Å². The zero-order valence-electron chi connectivity index (χ0n) is 15.7. The van der Waals surface area contributed by atoms with Crippen molar-refractivity contribution >= 4 is 29.4 Å². The molecule has 10 heteroatoms. The molecule has 9 nitrogen and oxygen atoms in total. The summed E-state index contributed by atoms with van der Waals surface area (Å²) in [5.41, 5.74) is 0.148. The van der Waals surface area contributed by atoms with Crippen LogP contribution in [0.2, 0.25) is 0 Å². The van der Waals surface area contributed by atoms with Gasteiger partial charge in [-0.05, 0) is 42.3 Å². The lowest BCUT2D eigenvalue weighted by molar-refractivity contribution is -0.387. The molecule has 1 aliphatic rings. The number of hydrogen-bond acceptors (Lipinski definition) is 7. The van der Waals surface area contributed by atoms with Gasteiger partial charge in [-0.1, -0.05) is 6.07 Å². The maximum absolute atomic E-state index is 12.3. The predicted molar refractivity (Wildman–Crippen MR) is 106 cm³/mol. The first-order chi connectivity index (χ1) is 14.0. The van der Waals surface area contributed by atoms with E-state index in [1.165, 1.54) is 23.9 Å². The van der Waals surface area contributed by atoms with Crippen molar-refractivity contribution in [1.82, 2.24) is 14.9 Å². The fourth-order valence-electron chi connectivity index (χ4n) is 2.82.